The molecule has 1 saturated carbocycles. The molecule has 13 heteroatoms. The minimum Gasteiger partial charge on any atom is -0.869 e. The fourth-order valence-electron chi connectivity index (χ4n) is 4.34. The molecule has 0 bridgehead atoms. The third kappa shape index (κ3) is 9.80. The first-order chi connectivity index (χ1) is 18.0. The third-order valence-corrected chi connectivity index (χ3v) is 11.5. The second-order valence-corrected chi connectivity index (χ2v) is 13.1. The number of benzene rings is 2. The summed E-state index contributed by atoms with van der Waals surface area (Å²) in [6.07, 6.45) is 11.7. The summed E-state index contributed by atoms with van der Waals surface area (Å²) >= 11 is 24.7. The number of phenolic OH excluding ortho intramolecular Hbond substituents is 2. The molecule has 4 rings (SSSR count). The topological polar surface area (TPSA) is 101 Å². The standard InChI is InChI=1S/C20H25Cl2N2O2.C6H2Br4O2.Fe/c21-16-9-15(20(26)18(22)10-16)12-24(13-17-6-3-4-8-23-17)11-14-5-1-2-7-19(14)25;7-1-2(8)4(10)6(12)5(11)3(1)9;/h3-4,6,8-10,14,17,19,25-26H,1-2,5,7,11-13H2;11-12H;/q-1;;+2/p-1. The van der Waals surface area contributed by atoms with Crippen LogP contribution in [-0.2, 0) is 23.6 Å². The van der Waals surface area contributed by atoms with E-state index in [1.54, 1.807) is 12.1 Å². The van der Waals surface area contributed by atoms with Crippen LogP contribution in [-0.4, -0.2) is 45.5 Å². The monoisotopic (exact) mass is 872 g/mol. The Labute approximate surface area is 282 Å². The van der Waals surface area contributed by atoms with Crippen LogP contribution in [0.15, 0.2) is 54.5 Å². The van der Waals surface area contributed by atoms with E-state index in [4.69, 9.17) is 23.2 Å². The van der Waals surface area contributed by atoms with E-state index in [0.29, 0.717) is 41.6 Å². The summed E-state index contributed by atoms with van der Waals surface area (Å²) in [6.45, 7) is 1.99. The molecule has 1 fully saturated rings. The van der Waals surface area contributed by atoms with Crippen molar-refractivity contribution >= 4 is 86.9 Å². The molecule has 1 heterocycles. The summed E-state index contributed by atoms with van der Waals surface area (Å²) in [6, 6.07) is 3.36. The Kier molecular flexibility index (Phi) is 15.0. The molecule has 0 aromatic heterocycles. The first kappa shape index (κ1) is 35.3. The van der Waals surface area contributed by atoms with E-state index in [2.05, 4.69) is 80.0 Å². The molecule has 3 N–H and O–H groups in total. The van der Waals surface area contributed by atoms with Crippen molar-refractivity contribution in [1.29, 1.82) is 0 Å². The molecule has 39 heavy (non-hydrogen) atoms. The number of hydrogen-bond acceptors (Lipinski definition) is 5. The molecule has 0 saturated heterocycles. The molecular weight excluding hydrogens is 851 g/mol. The number of aromatic hydroxyl groups is 2. The van der Waals surface area contributed by atoms with E-state index in [-0.39, 0.29) is 51.7 Å². The molecule has 0 spiro atoms. The molecule has 0 radical (unpaired) electrons. The van der Waals surface area contributed by atoms with Crippen LogP contribution < -0.4 is 5.11 Å². The smallest absolute Gasteiger partial charge is 0.869 e. The number of aliphatic hydroxyl groups is 1. The summed E-state index contributed by atoms with van der Waals surface area (Å²) < 4.78 is 1.83. The molecule has 1 aliphatic carbocycles. The van der Waals surface area contributed by atoms with Crippen molar-refractivity contribution < 1.29 is 37.5 Å². The van der Waals surface area contributed by atoms with E-state index < -0.39 is 5.75 Å². The van der Waals surface area contributed by atoms with Crippen molar-refractivity contribution in [2.24, 2.45) is 5.92 Å². The summed E-state index contributed by atoms with van der Waals surface area (Å²) in [5.74, 6) is -0.446. The van der Waals surface area contributed by atoms with Gasteiger partial charge in [0.05, 0.1) is 20.1 Å². The van der Waals surface area contributed by atoms with Gasteiger partial charge in [0.1, 0.15) is 11.5 Å². The number of halogens is 6. The van der Waals surface area contributed by atoms with Crippen LogP contribution >= 0.6 is 86.9 Å². The van der Waals surface area contributed by atoms with Crippen LogP contribution in [0, 0.1) is 5.92 Å². The molecule has 214 valence electrons. The van der Waals surface area contributed by atoms with Gasteiger partial charge < -0.3 is 25.7 Å². The maximum Gasteiger partial charge on any atom is 2.00 e. The van der Waals surface area contributed by atoms with E-state index >= 15 is 0 Å². The number of nitrogens with zero attached hydrogens (tertiary/aromatic N) is 2. The predicted octanol–water partition coefficient (Wildman–Crippen LogP) is 8.39. The molecule has 0 amide bonds. The van der Waals surface area contributed by atoms with Gasteiger partial charge in [0.2, 0.25) is 0 Å². The average Bonchev–Trinajstić information content (AvgIpc) is 2.90. The Hall–Kier alpha value is 0.0595. The van der Waals surface area contributed by atoms with Crippen LogP contribution in [0.1, 0.15) is 31.2 Å². The molecule has 2 aliphatic rings. The largest absolute Gasteiger partial charge is 2.00 e. The number of hydrogen-bond donors (Lipinski definition) is 3. The van der Waals surface area contributed by atoms with Crippen molar-refractivity contribution in [3.8, 4) is 17.2 Å². The first-order valence-corrected chi connectivity index (χ1v) is 15.7. The number of aliphatic hydroxyl groups excluding tert-OH is 1. The summed E-state index contributed by atoms with van der Waals surface area (Å²) in [5, 5.41) is 46.4. The van der Waals surface area contributed by atoms with Gasteiger partial charge in [0.25, 0.3) is 0 Å². The van der Waals surface area contributed by atoms with E-state index in [0.717, 1.165) is 32.2 Å². The first-order valence-electron chi connectivity index (χ1n) is 11.8. The third-order valence-electron chi connectivity index (χ3n) is 6.32. The minimum atomic E-state index is -0.447. The normalized spacial score (nSPS) is 20.2. The van der Waals surface area contributed by atoms with E-state index in [1.807, 2.05) is 18.4 Å². The van der Waals surface area contributed by atoms with Gasteiger partial charge in [-0.15, -0.1) is 0 Å². The van der Waals surface area contributed by atoms with Gasteiger partial charge in [0, 0.05) is 32.6 Å². The Morgan fingerprint density at radius 1 is 0.923 bits per heavy atom. The van der Waals surface area contributed by atoms with Gasteiger partial charge in [0.15, 0.2) is 0 Å². The van der Waals surface area contributed by atoms with Crippen LogP contribution in [0.2, 0.25) is 10.0 Å². The van der Waals surface area contributed by atoms with Gasteiger partial charge in [-0.1, -0.05) is 76.2 Å². The van der Waals surface area contributed by atoms with Crippen LogP contribution in [0.5, 0.6) is 17.2 Å². The van der Waals surface area contributed by atoms with Crippen molar-refractivity contribution in [1.82, 2.24) is 4.90 Å². The van der Waals surface area contributed by atoms with Gasteiger partial charge in [-0.25, -0.2) is 0 Å². The SMILES string of the molecule is Oc1c(Cl)cc(Cl)cc1CN(CC1C=CC=C[N-]1)CC1CCCCC1O.[Fe+2].[O-]c1c(O)c(Br)c(Br)c(Br)c1Br. The molecule has 3 atom stereocenters. The van der Waals surface area contributed by atoms with Crippen molar-refractivity contribution in [3.05, 3.63) is 75.4 Å². The molecular formula is C26H26Br4Cl2FeN2O4. The number of allylic oxidation sites excluding steroid dienone is 2. The summed E-state index contributed by atoms with van der Waals surface area (Å²) in [5.41, 5.74) is 0.697. The second-order valence-electron chi connectivity index (χ2n) is 9.08. The predicted molar refractivity (Wildman–Crippen MR) is 165 cm³/mol. The summed E-state index contributed by atoms with van der Waals surface area (Å²) in [7, 11) is 0. The van der Waals surface area contributed by atoms with Gasteiger partial charge in [-0.3, -0.25) is 4.90 Å². The van der Waals surface area contributed by atoms with E-state index in [9.17, 15) is 20.4 Å². The fourth-order valence-corrected chi connectivity index (χ4v) is 6.94. The number of phenols is 2. The second kappa shape index (κ2) is 16.6. The Balaban J connectivity index is 0.000000346. The molecule has 2 aromatic rings. The quantitative estimate of drug-likeness (QED) is 0.154. The zero-order chi connectivity index (χ0) is 28.0. The molecule has 3 unspecified atom stereocenters. The van der Waals surface area contributed by atoms with Crippen LogP contribution in [0.3, 0.4) is 0 Å². The zero-order valence-corrected chi connectivity index (χ0v) is 29.4. The van der Waals surface area contributed by atoms with Crippen molar-refractivity contribution in [3.63, 3.8) is 0 Å². The Morgan fingerprint density at radius 2 is 1.59 bits per heavy atom. The van der Waals surface area contributed by atoms with Gasteiger partial charge in [-0.2, -0.15) is 6.20 Å². The maximum absolute atomic E-state index is 11.2. The summed E-state index contributed by atoms with van der Waals surface area (Å²) in [4.78, 5) is 2.23. The minimum absolute atomic E-state index is 0. The molecule has 2 aromatic carbocycles. The van der Waals surface area contributed by atoms with Crippen molar-refractivity contribution in [2.45, 2.75) is 44.4 Å². The average molecular weight is 877 g/mol. The fraction of sp³-hybridized carbons (Fsp3) is 0.385. The zero-order valence-electron chi connectivity index (χ0n) is 20.4. The van der Waals surface area contributed by atoms with E-state index in [1.165, 1.54) is 0 Å². The number of rotatable bonds is 6. The Morgan fingerprint density at radius 3 is 2.23 bits per heavy atom. The molecule has 6 nitrogen and oxygen atoms in total. The molecule has 1 aliphatic heterocycles. The van der Waals surface area contributed by atoms with Gasteiger partial charge in [-0.05, 0) is 91.0 Å². The van der Waals surface area contributed by atoms with Gasteiger partial charge >= 0.3 is 17.1 Å². The maximum atomic E-state index is 11.2. The van der Waals surface area contributed by atoms with Crippen LogP contribution in [0.4, 0.5) is 0 Å². The van der Waals surface area contributed by atoms with Crippen molar-refractivity contribution in [2.75, 3.05) is 13.1 Å². The Bertz CT molecular complexity index is 1100. The van der Waals surface area contributed by atoms with Crippen LogP contribution in [0.25, 0.3) is 5.32 Å².